The molecule has 0 aliphatic heterocycles. The summed E-state index contributed by atoms with van der Waals surface area (Å²) in [5.74, 6) is 1.19. The van der Waals surface area contributed by atoms with Crippen molar-refractivity contribution in [1.29, 1.82) is 0 Å². The average molecular weight is 326 g/mol. The summed E-state index contributed by atoms with van der Waals surface area (Å²) in [5.41, 5.74) is 4.31. The number of carbonyl (C=O) groups excluding carboxylic acids is 1. The van der Waals surface area contributed by atoms with Crippen molar-refractivity contribution in [3.8, 4) is 5.75 Å². The summed E-state index contributed by atoms with van der Waals surface area (Å²) in [7, 11) is 0. The van der Waals surface area contributed by atoms with E-state index in [1.807, 2.05) is 50.2 Å². The van der Waals surface area contributed by atoms with Gasteiger partial charge in [0, 0.05) is 5.69 Å². The Labute approximate surface area is 144 Å². The van der Waals surface area contributed by atoms with Crippen LogP contribution in [0.15, 0.2) is 42.5 Å². The summed E-state index contributed by atoms with van der Waals surface area (Å²) in [6, 6.07) is 13.7. The van der Waals surface area contributed by atoms with Crippen molar-refractivity contribution in [3.63, 3.8) is 0 Å². The number of benzene rings is 2. The van der Waals surface area contributed by atoms with Crippen LogP contribution < -0.4 is 15.4 Å². The molecule has 128 valence electrons. The molecule has 0 radical (unpaired) electrons. The molecule has 2 amide bonds. The summed E-state index contributed by atoms with van der Waals surface area (Å²) in [4.78, 5) is 12.0. The van der Waals surface area contributed by atoms with Crippen molar-refractivity contribution in [3.05, 3.63) is 59.2 Å². The summed E-state index contributed by atoms with van der Waals surface area (Å²) in [5, 5.41) is 5.72. The van der Waals surface area contributed by atoms with Gasteiger partial charge in [0.05, 0.1) is 6.54 Å². The van der Waals surface area contributed by atoms with Gasteiger partial charge in [-0.1, -0.05) is 38.1 Å². The number of hydrogen-bond donors (Lipinski definition) is 2. The highest BCUT2D eigenvalue weighted by molar-refractivity contribution is 5.90. The maximum Gasteiger partial charge on any atom is 0.319 e. The molecular formula is C20H26N2O2. The maximum atomic E-state index is 12.0. The monoisotopic (exact) mass is 326 g/mol. The second-order valence-corrected chi connectivity index (χ2v) is 6.29. The van der Waals surface area contributed by atoms with Crippen molar-refractivity contribution < 1.29 is 9.53 Å². The van der Waals surface area contributed by atoms with Gasteiger partial charge in [-0.05, 0) is 54.7 Å². The van der Waals surface area contributed by atoms with Gasteiger partial charge in [-0.3, -0.25) is 0 Å². The van der Waals surface area contributed by atoms with Crippen LogP contribution in [-0.2, 0) is 0 Å². The van der Waals surface area contributed by atoms with Crippen LogP contribution in [0.25, 0.3) is 0 Å². The fraction of sp³-hybridized carbons (Fsp3) is 0.350. The van der Waals surface area contributed by atoms with Crippen molar-refractivity contribution in [2.24, 2.45) is 0 Å². The predicted molar refractivity (Wildman–Crippen MR) is 99.0 cm³/mol. The lowest BCUT2D eigenvalue weighted by Crippen LogP contribution is -2.32. The van der Waals surface area contributed by atoms with Crippen molar-refractivity contribution in [2.45, 2.75) is 33.6 Å². The van der Waals surface area contributed by atoms with E-state index in [4.69, 9.17) is 4.74 Å². The Kier molecular flexibility index (Phi) is 6.24. The highest BCUT2D eigenvalue weighted by atomic mass is 16.5. The number of hydrogen-bond acceptors (Lipinski definition) is 2. The van der Waals surface area contributed by atoms with Gasteiger partial charge in [-0.25, -0.2) is 4.79 Å². The largest absolute Gasteiger partial charge is 0.492 e. The smallest absolute Gasteiger partial charge is 0.319 e. The minimum absolute atomic E-state index is 0.216. The lowest BCUT2D eigenvalue weighted by Gasteiger charge is -2.14. The van der Waals surface area contributed by atoms with E-state index in [9.17, 15) is 4.79 Å². The van der Waals surface area contributed by atoms with Gasteiger partial charge in [0.25, 0.3) is 0 Å². The highest BCUT2D eigenvalue weighted by Crippen LogP contribution is 2.23. The summed E-state index contributed by atoms with van der Waals surface area (Å²) in [6.07, 6.45) is 0. The standard InChI is InChI=1S/C20H26N2O2/c1-14(2)18-7-5-6-8-19(18)22-20(23)21-9-10-24-17-12-15(3)11-16(4)13-17/h5-8,11-14H,9-10H2,1-4H3,(H2,21,22,23). The Morgan fingerprint density at radius 3 is 2.42 bits per heavy atom. The molecule has 2 aromatic rings. The number of aryl methyl sites for hydroxylation is 2. The molecule has 24 heavy (non-hydrogen) atoms. The molecule has 0 bridgehead atoms. The number of urea groups is 1. The number of anilines is 1. The number of amides is 2. The summed E-state index contributed by atoms with van der Waals surface area (Å²) < 4.78 is 5.69. The molecule has 0 heterocycles. The van der Waals surface area contributed by atoms with E-state index in [1.54, 1.807) is 0 Å². The van der Waals surface area contributed by atoms with E-state index in [1.165, 1.54) is 11.1 Å². The van der Waals surface area contributed by atoms with E-state index >= 15 is 0 Å². The van der Waals surface area contributed by atoms with Crippen LogP contribution in [0.1, 0.15) is 36.5 Å². The molecule has 0 saturated carbocycles. The fourth-order valence-electron chi connectivity index (χ4n) is 2.63. The molecule has 0 unspecified atom stereocenters. The number of para-hydroxylation sites is 1. The first kappa shape index (κ1) is 17.9. The fourth-order valence-corrected chi connectivity index (χ4v) is 2.63. The Morgan fingerprint density at radius 1 is 1.08 bits per heavy atom. The zero-order valence-electron chi connectivity index (χ0n) is 14.8. The quantitative estimate of drug-likeness (QED) is 0.761. The summed E-state index contributed by atoms with van der Waals surface area (Å²) >= 11 is 0. The van der Waals surface area contributed by atoms with Crippen LogP contribution in [0.4, 0.5) is 10.5 Å². The second-order valence-electron chi connectivity index (χ2n) is 6.29. The lowest BCUT2D eigenvalue weighted by molar-refractivity contribution is 0.247. The number of nitrogens with one attached hydrogen (secondary N) is 2. The Bertz CT molecular complexity index is 676. The van der Waals surface area contributed by atoms with Gasteiger partial charge >= 0.3 is 6.03 Å². The zero-order valence-corrected chi connectivity index (χ0v) is 14.8. The van der Waals surface area contributed by atoms with Crippen molar-refractivity contribution in [1.82, 2.24) is 5.32 Å². The molecule has 0 atom stereocenters. The molecule has 0 saturated heterocycles. The van der Waals surface area contributed by atoms with E-state index in [-0.39, 0.29) is 6.03 Å². The first-order valence-electron chi connectivity index (χ1n) is 8.30. The third-order valence-corrected chi connectivity index (χ3v) is 3.68. The normalized spacial score (nSPS) is 10.5. The maximum absolute atomic E-state index is 12.0. The molecule has 0 aliphatic carbocycles. The van der Waals surface area contributed by atoms with E-state index in [2.05, 4.69) is 30.5 Å². The van der Waals surface area contributed by atoms with Crippen LogP contribution in [0.5, 0.6) is 5.75 Å². The SMILES string of the molecule is Cc1cc(C)cc(OCCNC(=O)Nc2ccccc2C(C)C)c1. The third kappa shape index (κ3) is 5.30. The van der Waals surface area contributed by atoms with Gasteiger partial charge in [0.2, 0.25) is 0 Å². The molecule has 2 aromatic carbocycles. The molecule has 4 nitrogen and oxygen atoms in total. The van der Waals surface area contributed by atoms with Crippen LogP contribution in [0.2, 0.25) is 0 Å². The van der Waals surface area contributed by atoms with Crippen molar-refractivity contribution in [2.75, 3.05) is 18.5 Å². The third-order valence-electron chi connectivity index (χ3n) is 3.68. The van der Waals surface area contributed by atoms with Crippen molar-refractivity contribution >= 4 is 11.7 Å². The van der Waals surface area contributed by atoms with Gasteiger partial charge in [0.15, 0.2) is 0 Å². The van der Waals surface area contributed by atoms with E-state index < -0.39 is 0 Å². The lowest BCUT2D eigenvalue weighted by atomic mass is 10.0. The van der Waals surface area contributed by atoms with Gasteiger partial charge < -0.3 is 15.4 Å². The molecule has 0 aromatic heterocycles. The minimum atomic E-state index is -0.216. The van der Waals surface area contributed by atoms with Crippen LogP contribution >= 0.6 is 0 Å². The number of ether oxygens (including phenoxy) is 1. The number of carbonyl (C=O) groups is 1. The molecular weight excluding hydrogens is 300 g/mol. The highest BCUT2D eigenvalue weighted by Gasteiger charge is 2.08. The van der Waals surface area contributed by atoms with E-state index in [0.29, 0.717) is 19.1 Å². The van der Waals surface area contributed by atoms with Gasteiger partial charge in [-0.15, -0.1) is 0 Å². The molecule has 2 N–H and O–H groups in total. The molecule has 0 aliphatic rings. The Morgan fingerprint density at radius 2 is 1.75 bits per heavy atom. The molecule has 2 rings (SSSR count). The summed E-state index contributed by atoms with van der Waals surface area (Å²) in [6.45, 7) is 9.17. The van der Waals surface area contributed by atoms with Crippen LogP contribution in [0, 0.1) is 13.8 Å². The topological polar surface area (TPSA) is 50.4 Å². The predicted octanol–water partition coefficient (Wildman–Crippen LogP) is 4.63. The first-order valence-corrected chi connectivity index (χ1v) is 8.30. The second kappa shape index (κ2) is 8.39. The van der Waals surface area contributed by atoms with E-state index in [0.717, 1.165) is 17.0 Å². The average Bonchev–Trinajstić information content (AvgIpc) is 2.51. The first-order chi connectivity index (χ1) is 11.5. The Hall–Kier alpha value is -2.49. The van der Waals surface area contributed by atoms with Gasteiger partial charge in [0.1, 0.15) is 12.4 Å². The van der Waals surface area contributed by atoms with Crippen LogP contribution in [0.3, 0.4) is 0 Å². The molecule has 4 heteroatoms. The number of rotatable bonds is 6. The zero-order chi connectivity index (χ0) is 17.5. The molecule has 0 fully saturated rings. The van der Waals surface area contributed by atoms with Crippen LogP contribution in [-0.4, -0.2) is 19.2 Å². The van der Waals surface area contributed by atoms with Gasteiger partial charge in [-0.2, -0.15) is 0 Å². The minimum Gasteiger partial charge on any atom is -0.492 e. The Balaban J connectivity index is 1.80. The molecule has 0 spiro atoms.